The minimum Gasteiger partial charge on any atom is -0.293 e. The van der Waals surface area contributed by atoms with Crippen molar-refractivity contribution < 1.29 is 4.79 Å². The molecule has 1 amide bonds. The molecular weight excluding hydrogens is 286 g/mol. The van der Waals surface area contributed by atoms with E-state index in [1.54, 1.807) is 4.90 Å². The molecule has 0 aromatic heterocycles. The summed E-state index contributed by atoms with van der Waals surface area (Å²) in [4.78, 5) is 15.0. The predicted octanol–water partition coefficient (Wildman–Crippen LogP) is 4.67. The molecule has 1 aliphatic carbocycles. The van der Waals surface area contributed by atoms with Crippen molar-refractivity contribution >= 4 is 34.2 Å². The van der Waals surface area contributed by atoms with Crippen molar-refractivity contribution in [1.29, 1.82) is 0 Å². The number of thioether (sulfide) groups is 1. The van der Waals surface area contributed by atoms with Gasteiger partial charge in [0.25, 0.3) is 5.91 Å². The highest BCUT2D eigenvalue weighted by atomic mass is 32.2. The van der Waals surface area contributed by atoms with Crippen molar-refractivity contribution in [2.75, 3.05) is 6.54 Å². The third-order valence-electron chi connectivity index (χ3n) is 3.81. The molecule has 1 fully saturated rings. The molecular formula is C16H23NOS2. The van der Waals surface area contributed by atoms with Gasteiger partial charge < -0.3 is 0 Å². The van der Waals surface area contributed by atoms with E-state index in [9.17, 15) is 4.79 Å². The second kappa shape index (κ2) is 7.99. The zero-order valence-electron chi connectivity index (χ0n) is 12.1. The molecule has 1 aliphatic heterocycles. The molecule has 0 radical (unpaired) electrons. The van der Waals surface area contributed by atoms with Crippen molar-refractivity contribution in [3.63, 3.8) is 0 Å². The van der Waals surface area contributed by atoms with Gasteiger partial charge in [0.15, 0.2) is 0 Å². The maximum atomic E-state index is 12.4. The Bertz CT molecular complexity index is 428. The van der Waals surface area contributed by atoms with Crippen LogP contribution in [0.2, 0.25) is 0 Å². The summed E-state index contributed by atoms with van der Waals surface area (Å²) in [5.41, 5.74) is 0. The third kappa shape index (κ3) is 4.19. The molecule has 1 atom stereocenters. The molecule has 1 saturated heterocycles. The molecule has 2 rings (SSSR count). The van der Waals surface area contributed by atoms with Crippen molar-refractivity contribution in [2.24, 2.45) is 5.92 Å². The van der Waals surface area contributed by atoms with E-state index in [1.165, 1.54) is 31.0 Å². The molecule has 0 saturated carbocycles. The summed E-state index contributed by atoms with van der Waals surface area (Å²) in [6, 6.07) is 0. The first-order chi connectivity index (χ1) is 9.72. The molecule has 0 spiro atoms. The lowest BCUT2D eigenvalue weighted by atomic mass is 9.94. The summed E-state index contributed by atoms with van der Waals surface area (Å²) < 4.78 is 0.740. The van der Waals surface area contributed by atoms with Crippen LogP contribution < -0.4 is 0 Å². The maximum absolute atomic E-state index is 12.4. The summed E-state index contributed by atoms with van der Waals surface area (Å²) in [5, 5.41) is 0. The van der Waals surface area contributed by atoms with Gasteiger partial charge in [-0.25, -0.2) is 0 Å². The minimum atomic E-state index is 0.131. The van der Waals surface area contributed by atoms with E-state index in [2.05, 4.69) is 25.2 Å². The smallest absolute Gasteiger partial charge is 0.265 e. The molecule has 2 nitrogen and oxygen atoms in total. The molecule has 1 heterocycles. The van der Waals surface area contributed by atoms with E-state index in [4.69, 9.17) is 12.2 Å². The summed E-state index contributed by atoms with van der Waals surface area (Å²) in [6.45, 7) is 2.98. The predicted molar refractivity (Wildman–Crippen MR) is 90.6 cm³/mol. The van der Waals surface area contributed by atoms with Crippen LogP contribution in [0.25, 0.3) is 0 Å². The van der Waals surface area contributed by atoms with Gasteiger partial charge in [-0.1, -0.05) is 68.4 Å². The van der Waals surface area contributed by atoms with Crippen LogP contribution in [-0.4, -0.2) is 21.7 Å². The van der Waals surface area contributed by atoms with Crippen LogP contribution in [-0.2, 0) is 4.79 Å². The Morgan fingerprint density at radius 1 is 1.40 bits per heavy atom. The number of allylic oxidation sites excluding steroid dienone is 3. The van der Waals surface area contributed by atoms with Gasteiger partial charge in [0, 0.05) is 6.54 Å². The largest absolute Gasteiger partial charge is 0.293 e. The van der Waals surface area contributed by atoms with Crippen molar-refractivity contribution in [3.8, 4) is 0 Å². The van der Waals surface area contributed by atoms with E-state index < -0.39 is 0 Å². The van der Waals surface area contributed by atoms with Crippen molar-refractivity contribution in [2.45, 2.75) is 51.9 Å². The normalized spacial score (nSPS) is 24.9. The van der Waals surface area contributed by atoms with Crippen LogP contribution >= 0.6 is 24.0 Å². The summed E-state index contributed by atoms with van der Waals surface area (Å²) in [6.07, 6.45) is 14.6. The molecule has 0 N–H and O–H groups in total. The lowest BCUT2D eigenvalue weighted by Crippen LogP contribution is -2.29. The van der Waals surface area contributed by atoms with E-state index in [0.717, 1.165) is 41.5 Å². The molecule has 20 heavy (non-hydrogen) atoms. The number of amides is 1. The summed E-state index contributed by atoms with van der Waals surface area (Å²) >= 11 is 6.84. The van der Waals surface area contributed by atoms with Crippen LogP contribution in [0.5, 0.6) is 0 Å². The molecule has 0 bridgehead atoms. The number of carbonyl (C=O) groups excluding carboxylic acids is 1. The first-order valence-corrected chi connectivity index (χ1v) is 8.85. The van der Waals surface area contributed by atoms with E-state index in [-0.39, 0.29) is 5.91 Å². The number of hydrogen-bond donors (Lipinski definition) is 0. The van der Waals surface area contributed by atoms with E-state index >= 15 is 0 Å². The molecule has 0 unspecified atom stereocenters. The van der Waals surface area contributed by atoms with Gasteiger partial charge in [-0.05, 0) is 31.6 Å². The Morgan fingerprint density at radius 3 is 2.95 bits per heavy atom. The second-order valence-corrected chi connectivity index (χ2v) is 7.14. The van der Waals surface area contributed by atoms with Crippen molar-refractivity contribution in [3.05, 3.63) is 23.1 Å². The average Bonchev–Trinajstić information content (AvgIpc) is 2.72. The second-order valence-electron chi connectivity index (χ2n) is 5.46. The number of carbonyl (C=O) groups is 1. The molecule has 0 aromatic rings. The van der Waals surface area contributed by atoms with Gasteiger partial charge in [-0.2, -0.15) is 0 Å². The summed E-state index contributed by atoms with van der Waals surface area (Å²) in [5.74, 6) is 0.639. The molecule has 4 heteroatoms. The van der Waals surface area contributed by atoms with E-state index in [1.807, 2.05) is 0 Å². The van der Waals surface area contributed by atoms with Crippen molar-refractivity contribution in [1.82, 2.24) is 4.90 Å². The third-order valence-corrected chi connectivity index (χ3v) is 5.20. The van der Waals surface area contributed by atoms with Gasteiger partial charge in [0.1, 0.15) is 4.32 Å². The Labute approximate surface area is 131 Å². The Morgan fingerprint density at radius 2 is 2.25 bits per heavy atom. The Kier molecular flexibility index (Phi) is 6.30. The van der Waals surface area contributed by atoms with E-state index in [0.29, 0.717) is 5.92 Å². The number of thiocarbonyl (C=S) groups is 1. The Hall–Kier alpha value is -0.610. The quantitative estimate of drug-likeness (QED) is 0.308. The lowest BCUT2D eigenvalue weighted by molar-refractivity contribution is -0.122. The van der Waals surface area contributed by atoms with Crippen LogP contribution in [0, 0.1) is 5.92 Å². The number of unbranched alkanes of at least 4 members (excludes halogenated alkanes) is 3. The highest BCUT2D eigenvalue weighted by Gasteiger charge is 2.31. The highest BCUT2D eigenvalue weighted by molar-refractivity contribution is 8.26. The van der Waals surface area contributed by atoms with Crippen LogP contribution in [0.4, 0.5) is 0 Å². The van der Waals surface area contributed by atoms with Gasteiger partial charge in [-0.3, -0.25) is 9.69 Å². The van der Waals surface area contributed by atoms with Crippen LogP contribution in [0.15, 0.2) is 23.1 Å². The summed E-state index contributed by atoms with van der Waals surface area (Å²) in [7, 11) is 0. The first-order valence-electron chi connectivity index (χ1n) is 7.63. The van der Waals surface area contributed by atoms with Crippen LogP contribution in [0.1, 0.15) is 51.9 Å². The zero-order chi connectivity index (χ0) is 14.4. The minimum absolute atomic E-state index is 0.131. The van der Waals surface area contributed by atoms with Gasteiger partial charge in [0.2, 0.25) is 0 Å². The fourth-order valence-electron chi connectivity index (χ4n) is 2.59. The topological polar surface area (TPSA) is 20.3 Å². The monoisotopic (exact) mass is 309 g/mol. The first kappa shape index (κ1) is 15.8. The van der Waals surface area contributed by atoms with Gasteiger partial charge >= 0.3 is 0 Å². The maximum Gasteiger partial charge on any atom is 0.265 e. The SMILES string of the molecule is CCCCCCN1C(=O)/C(=C\[C@H]2CC=CCC2)SC1=S. The Balaban J connectivity index is 1.90. The molecule has 0 aromatic carbocycles. The lowest BCUT2D eigenvalue weighted by Gasteiger charge is -2.15. The van der Waals surface area contributed by atoms with Crippen LogP contribution in [0.3, 0.4) is 0 Å². The standard InChI is InChI=1S/C16H23NOS2/c1-2-3-4-8-11-17-15(18)14(20-16(17)19)12-13-9-6-5-7-10-13/h5-6,12-13H,2-4,7-11H2,1H3/b14-12+/t13-/m0/s1. The zero-order valence-corrected chi connectivity index (χ0v) is 13.8. The number of hydrogen-bond acceptors (Lipinski definition) is 3. The number of nitrogens with zero attached hydrogens (tertiary/aromatic N) is 1. The average molecular weight is 310 g/mol. The number of rotatable bonds is 6. The highest BCUT2D eigenvalue weighted by Crippen LogP contribution is 2.34. The van der Waals surface area contributed by atoms with Gasteiger partial charge in [-0.15, -0.1) is 0 Å². The molecule has 2 aliphatic rings. The fourth-order valence-corrected chi connectivity index (χ4v) is 3.96. The fraction of sp³-hybridized carbons (Fsp3) is 0.625. The van der Waals surface area contributed by atoms with Gasteiger partial charge in [0.05, 0.1) is 4.91 Å². The molecule has 110 valence electrons.